The van der Waals surface area contributed by atoms with Crippen LogP contribution in [0.5, 0.6) is 0 Å². The fourth-order valence-electron chi connectivity index (χ4n) is 3.41. The van der Waals surface area contributed by atoms with Crippen LogP contribution in [0.15, 0.2) is 12.7 Å². The Morgan fingerprint density at radius 2 is 2.15 bits per heavy atom. The summed E-state index contributed by atoms with van der Waals surface area (Å²) in [5.74, 6) is 1.58. The molecule has 2 unspecified atom stereocenters. The number of hydrogen-bond donors (Lipinski definition) is 1. The van der Waals surface area contributed by atoms with Crippen LogP contribution in [-0.2, 0) is 4.74 Å². The van der Waals surface area contributed by atoms with Crippen LogP contribution in [0.3, 0.4) is 0 Å². The normalized spacial score (nSPS) is 31.7. The molecule has 3 nitrogen and oxygen atoms in total. The van der Waals surface area contributed by atoms with E-state index in [2.05, 4.69) is 37.6 Å². The van der Waals surface area contributed by atoms with Gasteiger partial charge in [-0.25, -0.2) is 0 Å². The van der Waals surface area contributed by atoms with E-state index in [1.54, 1.807) is 0 Å². The van der Waals surface area contributed by atoms with E-state index in [0.29, 0.717) is 17.5 Å². The van der Waals surface area contributed by atoms with Gasteiger partial charge in [0.2, 0.25) is 0 Å². The second kappa shape index (κ2) is 7.06. The first-order chi connectivity index (χ1) is 9.57. The topological polar surface area (TPSA) is 24.5 Å². The molecule has 1 heterocycles. The molecule has 1 N–H and O–H groups in total. The van der Waals surface area contributed by atoms with Crippen LogP contribution in [0.4, 0.5) is 0 Å². The van der Waals surface area contributed by atoms with Crippen LogP contribution in [0.1, 0.15) is 40.0 Å². The maximum absolute atomic E-state index is 5.72. The quantitative estimate of drug-likeness (QED) is 0.546. The van der Waals surface area contributed by atoms with Crippen molar-refractivity contribution >= 4 is 0 Å². The van der Waals surface area contributed by atoms with E-state index in [9.17, 15) is 0 Å². The molecule has 0 aromatic heterocycles. The summed E-state index contributed by atoms with van der Waals surface area (Å²) >= 11 is 0. The number of nitrogens with zero attached hydrogens (tertiary/aromatic N) is 1. The molecule has 0 radical (unpaired) electrons. The van der Waals surface area contributed by atoms with Gasteiger partial charge in [0.15, 0.2) is 0 Å². The van der Waals surface area contributed by atoms with Gasteiger partial charge >= 0.3 is 0 Å². The summed E-state index contributed by atoms with van der Waals surface area (Å²) in [6.07, 6.45) is 5.68. The maximum Gasteiger partial charge on any atom is 0.0593 e. The van der Waals surface area contributed by atoms with Crippen molar-refractivity contribution in [2.24, 2.45) is 11.8 Å². The molecule has 2 fully saturated rings. The average molecular weight is 280 g/mol. The zero-order valence-corrected chi connectivity index (χ0v) is 13.5. The molecule has 116 valence electrons. The van der Waals surface area contributed by atoms with Gasteiger partial charge in [-0.05, 0) is 38.0 Å². The van der Waals surface area contributed by atoms with Crippen LogP contribution in [0.2, 0.25) is 0 Å². The molecule has 20 heavy (non-hydrogen) atoms. The SMILES string of the molecule is C=CCCOCCN1CC(C)(C2CC2)NCC1C(C)C. The van der Waals surface area contributed by atoms with Gasteiger partial charge in [0, 0.05) is 31.2 Å². The second-order valence-corrected chi connectivity index (χ2v) is 7.04. The van der Waals surface area contributed by atoms with E-state index in [-0.39, 0.29) is 0 Å². The number of rotatable bonds is 8. The summed E-state index contributed by atoms with van der Waals surface area (Å²) in [5, 5.41) is 3.83. The van der Waals surface area contributed by atoms with Crippen LogP contribution in [-0.4, -0.2) is 49.3 Å². The smallest absolute Gasteiger partial charge is 0.0593 e. The third-order valence-corrected chi connectivity index (χ3v) is 4.95. The minimum Gasteiger partial charge on any atom is -0.380 e. The summed E-state index contributed by atoms with van der Waals surface area (Å²) in [6.45, 7) is 15.8. The second-order valence-electron chi connectivity index (χ2n) is 7.04. The summed E-state index contributed by atoms with van der Waals surface area (Å²) in [4.78, 5) is 2.66. The third-order valence-electron chi connectivity index (χ3n) is 4.95. The third kappa shape index (κ3) is 4.06. The standard InChI is InChI=1S/C17H32N2O/c1-5-6-10-20-11-9-19-13-17(4,15-7-8-15)18-12-16(19)14(2)3/h5,14-16,18H,1,6-13H2,2-4H3. The molecular weight excluding hydrogens is 248 g/mol. The van der Waals surface area contributed by atoms with Gasteiger partial charge in [-0.15, -0.1) is 6.58 Å². The van der Waals surface area contributed by atoms with Gasteiger partial charge in [-0.2, -0.15) is 0 Å². The highest BCUT2D eigenvalue weighted by molar-refractivity contribution is 5.04. The van der Waals surface area contributed by atoms with Crippen molar-refractivity contribution in [3.63, 3.8) is 0 Å². The number of hydrogen-bond acceptors (Lipinski definition) is 3. The Morgan fingerprint density at radius 1 is 1.40 bits per heavy atom. The van der Waals surface area contributed by atoms with Gasteiger partial charge in [0.05, 0.1) is 13.2 Å². The van der Waals surface area contributed by atoms with Crippen molar-refractivity contribution in [2.45, 2.75) is 51.6 Å². The molecule has 1 aliphatic heterocycles. The monoisotopic (exact) mass is 280 g/mol. The summed E-state index contributed by atoms with van der Waals surface area (Å²) in [7, 11) is 0. The van der Waals surface area contributed by atoms with E-state index in [4.69, 9.17) is 4.74 Å². The number of piperazine rings is 1. The highest BCUT2D eigenvalue weighted by Gasteiger charge is 2.46. The summed E-state index contributed by atoms with van der Waals surface area (Å²) in [6, 6.07) is 0.643. The average Bonchev–Trinajstić information content (AvgIpc) is 3.23. The van der Waals surface area contributed by atoms with Crippen molar-refractivity contribution in [3.8, 4) is 0 Å². The molecule has 0 aromatic rings. The fourth-order valence-corrected chi connectivity index (χ4v) is 3.41. The van der Waals surface area contributed by atoms with Crippen molar-refractivity contribution in [1.82, 2.24) is 10.2 Å². The fraction of sp³-hybridized carbons (Fsp3) is 0.882. The molecule has 2 atom stereocenters. The van der Waals surface area contributed by atoms with E-state index in [0.717, 1.165) is 38.6 Å². The van der Waals surface area contributed by atoms with Crippen LogP contribution >= 0.6 is 0 Å². The Balaban J connectivity index is 1.84. The van der Waals surface area contributed by atoms with E-state index < -0.39 is 0 Å². The largest absolute Gasteiger partial charge is 0.380 e. The lowest BCUT2D eigenvalue weighted by Crippen LogP contribution is -2.65. The van der Waals surface area contributed by atoms with Crippen molar-refractivity contribution < 1.29 is 4.74 Å². The molecule has 0 aromatic carbocycles. The molecule has 1 aliphatic carbocycles. The Labute approximate surface area is 124 Å². The van der Waals surface area contributed by atoms with Gasteiger partial charge in [0.25, 0.3) is 0 Å². The summed E-state index contributed by atoms with van der Waals surface area (Å²) < 4.78 is 5.72. The van der Waals surface area contributed by atoms with Crippen molar-refractivity contribution in [1.29, 1.82) is 0 Å². The van der Waals surface area contributed by atoms with E-state index >= 15 is 0 Å². The lowest BCUT2D eigenvalue weighted by atomic mass is 9.88. The van der Waals surface area contributed by atoms with Gasteiger partial charge in [0.1, 0.15) is 0 Å². The van der Waals surface area contributed by atoms with Crippen molar-refractivity contribution in [3.05, 3.63) is 12.7 Å². The minimum absolute atomic E-state index is 0.326. The zero-order chi connectivity index (χ0) is 14.6. The van der Waals surface area contributed by atoms with Gasteiger partial charge in [-0.1, -0.05) is 19.9 Å². The minimum atomic E-state index is 0.326. The molecule has 1 saturated carbocycles. The molecule has 1 saturated heterocycles. The van der Waals surface area contributed by atoms with Crippen molar-refractivity contribution in [2.75, 3.05) is 32.8 Å². The summed E-state index contributed by atoms with van der Waals surface area (Å²) in [5.41, 5.74) is 0.326. The predicted molar refractivity (Wildman–Crippen MR) is 85.0 cm³/mol. The first-order valence-electron chi connectivity index (χ1n) is 8.24. The lowest BCUT2D eigenvalue weighted by molar-refractivity contribution is 0.0239. The van der Waals surface area contributed by atoms with Gasteiger partial charge in [-0.3, -0.25) is 4.90 Å². The first kappa shape index (κ1) is 16.0. The molecule has 0 bridgehead atoms. The Hall–Kier alpha value is -0.380. The predicted octanol–water partition coefficient (Wildman–Crippen LogP) is 2.68. The lowest BCUT2D eigenvalue weighted by Gasteiger charge is -2.48. The molecule has 0 amide bonds. The maximum atomic E-state index is 5.72. The van der Waals surface area contributed by atoms with Crippen LogP contribution in [0.25, 0.3) is 0 Å². The first-order valence-corrected chi connectivity index (χ1v) is 8.24. The number of nitrogens with one attached hydrogen (secondary N) is 1. The Kier molecular flexibility index (Phi) is 5.65. The molecule has 2 rings (SSSR count). The molecule has 0 spiro atoms. The molecular formula is C17H32N2O. The van der Waals surface area contributed by atoms with Crippen LogP contribution < -0.4 is 5.32 Å². The molecule has 2 aliphatic rings. The zero-order valence-electron chi connectivity index (χ0n) is 13.5. The number of ether oxygens (including phenoxy) is 1. The Bertz CT molecular complexity index is 314. The molecule has 3 heteroatoms. The Morgan fingerprint density at radius 3 is 2.75 bits per heavy atom. The van der Waals surface area contributed by atoms with Crippen LogP contribution in [0, 0.1) is 11.8 Å². The van der Waals surface area contributed by atoms with E-state index in [1.807, 2.05) is 6.08 Å². The highest BCUT2D eigenvalue weighted by Crippen LogP contribution is 2.41. The van der Waals surface area contributed by atoms with Gasteiger partial charge < -0.3 is 10.1 Å². The van der Waals surface area contributed by atoms with E-state index in [1.165, 1.54) is 19.4 Å². The highest BCUT2D eigenvalue weighted by atomic mass is 16.5.